The minimum absolute atomic E-state index is 0.0651. The highest BCUT2D eigenvalue weighted by Gasteiger charge is 2.30. The van der Waals surface area contributed by atoms with Crippen molar-refractivity contribution in [1.82, 2.24) is 14.7 Å². The Bertz CT molecular complexity index is 1620. The van der Waals surface area contributed by atoms with Gasteiger partial charge in [-0.15, -0.1) is 0 Å². The van der Waals surface area contributed by atoms with Gasteiger partial charge in [-0.2, -0.15) is 23.5 Å². The molecule has 0 radical (unpaired) electrons. The maximum absolute atomic E-state index is 13.2. The van der Waals surface area contributed by atoms with Gasteiger partial charge in [0.25, 0.3) is 5.91 Å². The van der Waals surface area contributed by atoms with Gasteiger partial charge in [-0.1, -0.05) is 36.4 Å². The van der Waals surface area contributed by atoms with Crippen LogP contribution in [0.5, 0.6) is 0 Å². The second kappa shape index (κ2) is 9.98. The summed E-state index contributed by atoms with van der Waals surface area (Å²) < 4.78 is 40.2. The van der Waals surface area contributed by atoms with Gasteiger partial charge in [0.2, 0.25) is 5.91 Å². The number of hydrogen-bond acceptors (Lipinski definition) is 5. The van der Waals surface area contributed by atoms with E-state index >= 15 is 0 Å². The Morgan fingerprint density at radius 1 is 1.03 bits per heavy atom. The van der Waals surface area contributed by atoms with E-state index in [-0.39, 0.29) is 23.8 Å². The predicted octanol–water partition coefficient (Wildman–Crippen LogP) is 4.82. The van der Waals surface area contributed by atoms with Crippen molar-refractivity contribution in [3.05, 3.63) is 101 Å². The lowest BCUT2D eigenvalue weighted by Gasteiger charge is -2.15. The standard InChI is InChI=1S/C28H21F3N6O2/c29-28(30,31)21-8-5-17(6-9-21)23-3-1-2-4-24(23)27(39)34-22-10-7-18-13-36(14-19(18)11-22)25(38)16-37-15-20(12-32)26(33)35-37/h1-11,15H,13-14,16H2,(H2,33,35)(H,34,39). The van der Waals surface area contributed by atoms with Crippen molar-refractivity contribution >= 4 is 23.3 Å². The molecule has 0 aliphatic carbocycles. The molecule has 0 spiro atoms. The lowest BCUT2D eigenvalue weighted by molar-refractivity contribution is -0.137. The number of nitrogens with two attached hydrogens (primary N) is 1. The maximum Gasteiger partial charge on any atom is 0.416 e. The zero-order chi connectivity index (χ0) is 27.7. The number of carbonyl (C=O) groups is 2. The van der Waals surface area contributed by atoms with Crippen LogP contribution in [0.25, 0.3) is 11.1 Å². The van der Waals surface area contributed by atoms with Crippen molar-refractivity contribution in [3.8, 4) is 17.2 Å². The third-order valence-electron chi connectivity index (χ3n) is 6.44. The molecule has 5 rings (SSSR count). The smallest absolute Gasteiger partial charge is 0.381 e. The second-order valence-electron chi connectivity index (χ2n) is 9.05. The molecule has 0 saturated carbocycles. The topological polar surface area (TPSA) is 117 Å². The number of nitrogen functional groups attached to an aromatic ring is 1. The minimum Gasteiger partial charge on any atom is -0.381 e. The lowest BCUT2D eigenvalue weighted by atomic mass is 9.98. The van der Waals surface area contributed by atoms with E-state index in [2.05, 4.69) is 10.4 Å². The molecule has 8 nitrogen and oxygen atoms in total. The molecule has 1 aromatic heterocycles. The number of amides is 2. The third kappa shape index (κ3) is 5.31. The first-order chi connectivity index (χ1) is 18.6. The fraction of sp³-hybridized carbons (Fsp3) is 0.143. The molecule has 196 valence electrons. The van der Waals surface area contributed by atoms with Crippen molar-refractivity contribution in [2.45, 2.75) is 25.8 Å². The van der Waals surface area contributed by atoms with Gasteiger partial charge in [0.1, 0.15) is 18.2 Å². The van der Waals surface area contributed by atoms with Gasteiger partial charge >= 0.3 is 6.18 Å². The molecule has 2 amide bonds. The average molecular weight is 531 g/mol. The highest BCUT2D eigenvalue weighted by atomic mass is 19.4. The maximum atomic E-state index is 13.2. The Kier molecular flexibility index (Phi) is 6.54. The van der Waals surface area contributed by atoms with E-state index in [1.165, 1.54) is 23.0 Å². The van der Waals surface area contributed by atoms with Crippen LogP contribution in [0.3, 0.4) is 0 Å². The number of nitrogens with one attached hydrogen (secondary N) is 1. The minimum atomic E-state index is -4.45. The molecule has 1 aliphatic heterocycles. The van der Waals surface area contributed by atoms with Gasteiger partial charge in [0.05, 0.1) is 5.56 Å². The van der Waals surface area contributed by atoms with Gasteiger partial charge in [0, 0.05) is 30.5 Å². The number of halogens is 3. The Balaban J connectivity index is 1.29. The Labute approximate surface area is 221 Å². The van der Waals surface area contributed by atoms with Crippen molar-refractivity contribution < 1.29 is 22.8 Å². The number of alkyl halides is 3. The molecule has 2 heterocycles. The number of nitrogens with zero attached hydrogens (tertiary/aromatic N) is 4. The highest BCUT2D eigenvalue weighted by Crippen LogP contribution is 2.32. The summed E-state index contributed by atoms with van der Waals surface area (Å²) in [6, 6.07) is 18.6. The van der Waals surface area contributed by atoms with Crippen molar-refractivity contribution in [1.29, 1.82) is 5.26 Å². The average Bonchev–Trinajstić information content (AvgIpc) is 3.50. The zero-order valence-electron chi connectivity index (χ0n) is 20.4. The lowest BCUT2D eigenvalue weighted by Crippen LogP contribution is -2.29. The SMILES string of the molecule is N#Cc1cn(CC(=O)N2Cc3ccc(NC(=O)c4ccccc4-c4ccc(C(F)(F)F)cc4)cc3C2)nc1N. The molecule has 0 bridgehead atoms. The van der Waals surface area contributed by atoms with E-state index in [1.807, 2.05) is 12.1 Å². The Morgan fingerprint density at radius 3 is 2.44 bits per heavy atom. The summed E-state index contributed by atoms with van der Waals surface area (Å²) in [5.41, 5.74) is 8.72. The number of anilines is 2. The normalized spacial score (nSPS) is 12.6. The number of fused-ring (bicyclic) bond motifs is 1. The van der Waals surface area contributed by atoms with E-state index in [9.17, 15) is 22.8 Å². The number of carbonyl (C=O) groups excluding carboxylic acids is 2. The summed E-state index contributed by atoms with van der Waals surface area (Å²) in [5, 5.41) is 15.9. The van der Waals surface area contributed by atoms with Crippen LogP contribution in [0, 0.1) is 11.3 Å². The first-order valence-electron chi connectivity index (χ1n) is 11.8. The summed E-state index contributed by atoms with van der Waals surface area (Å²) in [5.74, 6) is -0.550. The molecule has 0 atom stereocenters. The number of hydrogen-bond donors (Lipinski definition) is 2. The van der Waals surface area contributed by atoms with Crippen LogP contribution in [0.4, 0.5) is 24.7 Å². The van der Waals surface area contributed by atoms with E-state index < -0.39 is 17.6 Å². The number of nitriles is 1. The van der Waals surface area contributed by atoms with E-state index in [0.717, 1.165) is 23.3 Å². The van der Waals surface area contributed by atoms with Crippen molar-refractivity contribution in [3.63, 3.8) is 0 Å². The van der Waals surface area contributed by atoms with Crippen LogP contribution in [0.2, 0.25) is 0 Å². The summed E-state index contributed by atoms with van der Waals surface area (Å²) in [7, 11) is 0. The van der Waals surface area contributed by atoms with E-state index in [1.54, 1.807) is 41.3 Å². The van der Waals surface area contributed by atoms with Gasteiger partial charge in [0.15, 0.2) is 5.82 Å². The second-order valence-corrected chi connectivity index (χ2v) is 9.05. The molecule has 3 N–H and O–H groups in total. The van der Waals surface area contributed by atoms with E-state index in [4.69, 9.17) is 11.0 Å². The molecular formula is C28H21F3N6O2. The fourth-order valence-corrected chi connectivity index (χ4v) is 4.46. The molecule has 0 fully saturated rings. The predicted molar refractivity (Wildman–Crippen MR) is 137 cm³/mol. The van der Waals surface area contributed by atoms with Gasteiger partial charge in [-0.05, 0) is 52.6 Å². The zero-order valence-corrected chi connectivity index (χ0v) is 20.4. The molecule has 39 heavy (non-hydrogen) atoms. The Morgan fingerprint density at radius 2 is 1.74 bits per heavy atom. The van der Waals surface area contributed by atoms with Crippen LogP contribution < -0.4 is 11.1 Å². The van der Waals surface area contributed by atoms with Crippen LogP contribution in [-0.2, 0) is 30.6 Å². The van der Waals surface area contributed by atoms with Crippen molar-refractivity contribution in [2.75, 3.05) is 11.1 Å². The molecule has 0 unspecified atom stereocenters. The van der Waals surface area contributed by atoms with E-state index in [0.29, 0.717) is 35.5 Å². The number of benzene rings is 3. The van der Waals surface area contributed by atoms with Crippen LogP contribution in [0.15, 0.2) is 72.9 Å². The summed E-state index contributed by atoms with van der Waals surface area (Å²) in [6.07, 6.45) is -3.02. The largest absolute Gasteiger partial charge is 0.416 e. The molecular weight excluding hydrogens is 509 g/mol. The molecule has 1 aliphatic rings. The van der Waals surface area contributed by atoms with Crippen molar-refractivity contribution in [2.24, 2.45) is 0 Å². The fourth-order valence-electron chi connectivity index (χ4n) is 4.46. The Hall–Kier alpha value is -5.11. The third-order valence-corrected chi connectivity index (χ3v) is 6.44. The monoisotopic (exact) mass is 530 g/mol. The molecule has 0 saturated heterocycles. The van der Waals surface area contributed by atoms with Crippen LogP contribution >= 0.6 is 0 Å². The summed E-state index contributed by atoms with van der Waals surface area (Å²) >= 11 is 0. The van der Waals surface area contributed by atoms with Gasteiger partial charge < -0.3 is 16.0 Å². The first-order valence-corrected chi connectivity index (χ1v) is 11.8. The number of aromatic nitrogens is 2. The summed E-state index contributed by atoms with van der Waals surface area (Å²) in [4.78, 5) is 27.6. The molecule has 4 aromatic rings. The number of rotatable bonds is 5. The quantitative estimate of drug-likeness (QED) is 0.384. The molecule has 3 aromatic carbocycles. The highest BCUT2D eigenvalue weighted by molar-refractivity contribution is 6.08. The van der Waals surface area contributed by atoms with Gasteiger partial charge in [-0.25, -0.2) is 0 Å². The summed E-state index contributed by atoms with van der Waals surface area (Å²) in [6.45, 7) is 0.660. The van der Waals surface area contributed by atoms with Crippen LogP contribution in [0.1, 0.15) is 32.6 Å². The first kappa shape index (κ1) is 25.5. The van der Waals surface area contributed by atoms with Crippen LogP contribution in [-0.4, -0.2) is 26.5 Å². The van der Waals surface area contributed by atoms with Gasteiger partial charge in [-0.3, -0.25) is 14.3 Å². The molecule has 11 heteroatoms.